The molecule has 0 bridgehead atoms. The van der Waals surface area contributed by atoms with Gasteiger partial charge in [-0.2, -0.15) is 0 Å². The smallest absolute Gasteiger partial charge is 0.0447 e. The van der Waals surface area contributed by atoms with Gasteiger partial charge >= 0.3 is 0 Å². The molecule has 0 amide bonds. The van der Waals surface area contributed by atoms with Gasteiger partial charge in [-0.15, -0.1) is 0 Å². The fraction of sp³-hybridized carbons (Fsp3) is 0.154. The predicted molar refractivity (Wildman–Crippen MR) is 61.0 cm³/mol. The van der Waals surface area contributed by atoms with Crippen molar-refractivity contribution in [1.29, 1.82) is 0 Å². The molecule has 1 aromatic rings. The molecule has 0 radical (unpaired) electrons. The van der Waals surface area contributed by atoms with Crippen LogP contribution in [0.25, 0.3) is 0 Å². The highest BCUT2D eigenvalue weighted by Gasteiger charge is 1.94. The van der Waals surface area contributed by atoms with Crippen LogP contribution in [0.5, 0.6) is 0 Å². The number of allylic oxidation sites excluding steroid dienone is 5. The van der Waals surface area contributed by atoms with Crippen LogP contribution in [-0.2, 0) is 6.42 Å². The number of aromatic nitrogens is 1. The molecule has 0 saturated carbocycles. The van der Waals surface area contributed by atoms with Gasteiger partial charge in [0.05, 0.1) is 0 Å². The van der Waals surface area contributed by atoms with Gasteiger partial charge in [0.25, 0.3) is 0 Å². The normalized spacial score (nSPS) is 11.9. The maximum absolute atomic E-state index is 4.27. The number of hydrogen-bond donors (Lipinski definition) is 0. The summed E-state index contributed by atoms with van der Waals surface area (Å²) in [5, 5.41) is 0. The number of pyridine rings is 1. The van der Waals surface area contributed by atoms with E-state index in [4.69, 9.17) is 0 Å². The Labute approximate surface area is 85.5 Å². The van der Waals surface area contributed by atoms with Crippen molar-refractivity contribution in [2.45, 2.75) is 13.3 Å². The van der Waals surface area contributed by atoms with E-state index in [1.165, 1.54) is 5.57 Å². The second-order valence-electron chi connectivity index (χ2n) is 2.96. The number of hydrogen-bond acceptors (Lipinski definition) is 1. The van der Waals surface area contributed by atoms with Crippen molar-refractivity contribution in [3.8, 4) is 0 Å². The molecule has 0 aliphatic heterocycles. The van der Waals surface area contributed by atoms with Gasteiger partial charge in [-0.05, 0) is 24.6 Å². The van der Waals surface area contributed by atoms with Crippen LogP contribution in [0.3, 0.4) is 0 Å². The first-order valence-electron chi connectivity index (χ1n) is 4.71. The molecule has 0 spiro atoms. The van der Waals surface area contributed by atoms with E-state index in [1.807, 2.05) is 37.4 Å². The molecule has 1 heteroatoms. The van der Waals surface area contributed by atoms with Gasteiger partial charge in [-0.1, -0.05) is 36.9 Å². The van der Waals surface area contributed by atoms with Crippen LogP contribution >= 0.6 is 0 Å². The Morgan fingerprint density at radius 3 is 2.93 bits per heavy atom. The zero-order chi connectivity index (χ0) is 10.2. The van der Waals surface area contributed by atoms with E-state index in [0.29, 0.717) is 0 Å². The SMILES string of the molecule is C=C/C=C\C(=C/C)Cc1ccccn1. The Kier molecular flexibility index (Phi) is 4.42. The van der Waals surface area contributed by atoms with Gasteiger partial charge in [-0.25, -0.2) is 0 Å². The highest BCUT2D eigenvalue weighted by Crippen LogP contribution is 2.06. The molecule has 1 rings (SSSR count). The molecular weight excluding hydrogens is 170 g/mol. The lowest BCUT2D eigenvalue weighted by Crippen LogP contribution is -1.90. The molecule has 0 aliphatic carbocycles. The maximum Gasteiger partial charge on any atom is 0.0447 e. The zero-order valence-corrected chi connectivity index (χ0v) is 8.48. The molecule has 0 aliphatic rings. The number of nitrogens with zero attached hydrogens (tertiary/aromatic N) is 1. The Balaban J connectivity index is 2.67. The Morgan fingerprint density at radius 2 is 2.36 bits per heavy atom. The maximum atomic E-state index is 4.27. The Hall–Kier alpha value is -1.63. The van der Waals surface area contributed by atoms with E-state index in [9.17, 15) is 0 Å². The van der Waals surface area contributed by atoms with Crippen molar-refractivity contribution < 1.29 is 0 Å². The summed E-state index contributed by atoms with van der Waals surface area (Å²) in [6, 6.07) is 5.97. The third-order valence-corrected chi connectivity index (χ3v) is 1.93. The van der Waals surface area contributed by atoms with Gasteiger partial charge < -0.3 is 0 Å². The van der Waals surface area contributed by atoms with Crippen LogP contribution in [0.4, 0.5) is 0 Å². The largest absolute Gasteiger partial charge is 0.261 e. The second kappa shape index (κ2) is 5.92. The van der Waals surface area contributed by atoms with Crippen LogP contribution in [0.15, 0.2) is 60.9 Å². The van der Waals surface area contributed by atoms with Crippen molar-refractivity contribution >= 4 is 0 Å². The monoisotopic (exact) mass is 185 g/mol. The molecule has 0 unspecified atom stereocenters. The molecule has 72 valence electrons. The van der Waals surface area contributed by atoms with E-state index in [2.05, 4.69) is 23.7 Å². The molecule has 0 N–H and O–H groups in total. The summed E-state index contributed by atoms with van der Waals surface area (Å²) < 4.78 is 0. The standard InChI is InChI=1S/C13H15N/c1-3-5-8-12(4-2)11-13-9-6-7-10-14-13/h3-10H,1,11H2,2H3/b8-5-,12-4+. The van der Waals surface area contributed by atoms with Gasteiger partial charge in [0, 0.05) is 18.3 Å². The summed E-state index contributed by atoms with van der Waals surface area (Å²) in [4.78, 5) is 4.27. The summed E-state index contributed by atoms with van der Waals surface area (Å²) in [5.74, 6) is 0. The van der Waals surface area contributed by atoms with Crippen molar-refractivity contribution in [2.24, 2.45) is 0 Å². The molecular formula is C13H15N. The van der Waals surface area contributed by atoms with Crippen LogP contribution < -0.4 is 0 Å². The minimum Gasteiger partial charge on any atom is -0.261 e. The van der Waals surface area contributed by atoms with E-state index >= 15 is 0 Å². The van der Waals surface area contributed by atoms with E-state index in [1.54, 1.807) is 6.08 Å². The highest BCUT2D eigenvalue weighted by molar-refractivity contribution is 5.26. The van der Waals surface area contributed by atoms with E-state index in [-0.39, 0.29) is 0 Å². The minimum atomic E-state index is 0.877. The Morgan fingerprint density at radius 1 is 1.50 bits per heavy atom. The topological polar surface area (TPSA) is 12.9 Å². The van der Waals surface area contributed by atoms with Gasteiger partial charge in [0.1, 0.15) is 0 Å². The van der Waals surface area contributed by atoms with Crippen LogP contribution in [0, 0.1) is 0 Å². The molecule has 14 heavy (non-hydrogen) atoms. The summed E-state index contributed by atoms with van der Waals surface area (Å²) in [6.07, 6.45) is 10.6. The molecule has 0 saturated heterocycles. The zero-order valence-electron chi connectivity index (χ0n) is 8.48. The first-order valence-corrected chi connectivity index (χ1v) is 4.71. The summed E-state index contributed by atoms with van der Waals surface area (Å²) in [5.41, 5.74) is 2.35. The Bertz CT molecular complexity index is 334. The van der Waals surface area contributed by atoms with Gasteiger partial charge in [-0.3, -0.25) is 4.98 Å². The first kappa shape index (κ1) is 10.5. The van der Waals surface area contributed by atoms with Crippen molar-refractivity contribution in [2.75, 3.05) is 0 Å². The van der Waals surface area contributed by atoms with E-state index in [0.717, 1.165) is 12.1 Å². The molecule has 1 nitrogen and oxygen atoms in total. The first-order chi connectivity index (χ1) is 6.86. The van der Waals surface area contributed by atoms with E-state index < -0.39 is 0 Å². The summed E-state index contributed by atoms with van der Waals surface area (Å²) >= 11 is 0. The fourth-order valence-electron chi connectivity index (χ4n) is 1.16. The van der Waals surface area contributed by atoms with Crippen LogP contribution in [0.2, 0.25) is 0 Å². The lowest BCUT2D eigenvalue weighted by atomic mass is 10.1. The molecule has 0 fully saturated rings. The second-order valence-corrected chi connectivity index (χ2v) is 2.96. The van der Waals surface area contributed by atoms with Crippen LogP contribution in [-0.4, -0.2) is 4.98 Å². The third kappa shape index (κ3) is 3.40. The summed E-state index contributed by atoms with van der Waals surface area (Å²) in [6.45, 7) is 5.68. The quantitative estimate of drug-likeness (QED) is 0.656. The van der Waals surface area contributed by atoms with Crippen molar-refractivity contribution in [3.05, 3.63) is 66.5 Å². The molecule has 1 heterocycles. The average Bonchev–Trinajstić information content (AvgIpc) is 2.25. The van der Waals surface area contributed by atoms with Gasteiger partial charge in [0.15, 0.2) is 0 Å². The van der Waals surface area contributed by atoms with Gasteiger partial charge in [0.2, 0.25) is 0 Å². The lowest BCUT2D eigenvalue weighted by molar-refractivity contribution is 1.07. The van der Waals surface area contributed by atoms with Crippen molar-refractivity contribution in [3.63, 3.8) is 0 Å². The summed E-state index contributed by atoms with van der Waals surface area (Å²) in [7, 11) is 0. The molecule has 0 atom stereocenters. The predicted octanol–water partition coefficient (Wildman–Crippen LogP) is 3.31. The number of rotatable bonds is 4. The fourth-order valence-corrected chi connectivity index (χ4v) is 1.16. The highest BCUT2D eigenvalue weighted by atomic mass is 14.7. The average molecular weight is 185 g/mol. The third-order valence-electron chi connectivity index (χ3n) is 1.93. The molecule has 0 aromatic carbocycles. The van der Waals surface area contributed by atoms with Crippen molar-refractivity contribution in [1.82, 2.24) is 4.98 Å². The lowest BCUT2D eigenvalue weighted by Gasteiger charge is -2.00. The van der Waals surface area contributed by atoms with Crippen LogP contribution in [0.1, 0.15) is 12.6 Å². The minimum absolute atomic E-state index is 0.877. The molecule has 1 aromatic heterocycles.